The molecule has 1 saturated carbocycles. The zero-order valence-electron chi connectivity index (χ0n) is 24.0. The lowest BCUT2D eigenvalue weighted by molar-refractivity contribution is -0.0512. The molecule has 0 aliphatic heterocycles. The smallest absolute Gasteiger partial charge is 0.339 e. The Morgan fingerprint density at radius 2 is 0.773 bits per heavy atom. The van der Waals surface area contributed by atoms with E-state index < -0.39 is 12.2 Å². The van der Waals surface area contributed by atoms with E-state index in [2.05, 4.69) is 72.8 Å². The maximum absolute atomic E-state index is 13.8. The predicted octanol–water partition coefficient (Wildman–Crippen LogP) is 9.81. The summed E-state index contributed by atoms with van der Waals surface area (Å²) in [6.07, 6.45) is 2.16. The number of rotatable bonds is 4. The summed E-state index contributed by atoms with van der Waals surface area (Å²) in [5.41, 5.74) is 1.08. The highest BCUT2D eigenvalue weighted by molar-refractivity contribution is 6.27. The van der Waals surface area contributed by atoms with Crippen LogP contribution in [-0.2, 0) is 9.47 Å². The van der Waals surface area contributed by atoms with Gasteiger partial charge in [0.25, 0.3) is 0 Å². The summed E-state index contributed by atoms with van der Waals surface area (Å²) in [6, 6.07) is 36.9. The van der Waals surface area contributed by atoms with Crippen molar-refractivity contribution >= 4 is 76.6 Å². The standard InChI is InChI=1S/C40H28O4/c41-39(31-21-17-27-13-11-23-5-3-7-25-15-19-29(31)37(27)35(23)25)43-33-9-1-2-10-34(33)44-40(42)32-22-18-28-14-12-24-6-4-8-26-16-20-30(32)38(28)36(24)26/h3-8,11-22,33-34H,1-2,9-10H2/t33-,34-/m0/s1. The molecule has 0 heterocycles. The molecule has 8 aromatic carbocycles. The lowest BCUT2D eigenvalue weighted by atomic mass is 9.91. The Balaban J connectivity index is 1.04. The van der Waals surface area contributed by atoms with Gasteiger partial charge in [-0.1, -0.05) is 97.1 Å². The molecule has 0 N–H and O–H groups in total. The van der Waals surface area contributed by atoms with E-state index in [1.807, 2.05) is 36.4 Å². The second-order valence-corrected chi connectivity index (χ2v) is 12.1. The molecule has 0 radical (unpaired) electrons. The van der Waals surface area contributed by atoms with Gasteiger partial charge in [0.05, 0.1) is 11.1 Å². The van der Waals surface area contributed by atoms with E-state index in [9.17, 15) is 9.59 Å². The quantitative estimate of drug-likeness (QED) is 0.156. The van der Waals surface area contributed by atoms with Crippen molar-refractivity contribution in [3.63, 3.8) is 0 Å². The SMILES string of the molecule is O=C(O[C@H]1CCCC[C@@H]1OC(=O)c1ccc2ccc3cccc4ccc1c2c34)c1ccc2ccc3cccc4ccc1c2c34. The minimum absolute atomic E-state index is 0.376. The van der Waals surface area contributed by atoms with Crippen molar-refractivity contribution in [3.8, 4) is 0 Å². The molecule has 8 aromatic rings. The molecule has 212 valence electrons. The summed E-state index contributed by atoms with van der Waals surface area (Å²) in [4.78, 5) is 27.5. The molecule has 0 unspecified atom stereocenters. The normalized spacial score (nSPS) is 17.4. The molecule has 0 spiro atoms. The fourth-order valence-corrected chi connectivity index (χ4v) is 7.56. The van der Waals surface area contributed by atoms with Gasteiger partial charge >= 0.3 is 11.9 Å². The molecule has 1 fully saturated rings. The third kappa shape index (κ3) is 3.77. The van der Waals surface area contributed by atoms with Gasteiger partial charge in [-0.3, -0.25) is 0 Å². The van der Waals surface area contributed by atoms with Crippen molar-refractivity contribution in [1.82, 2.24) is 0 Å². The van der Waals surface area contributed by atoms with Gasteiger partial charge in [-0.25, -0.2) is 9.59 Å². The number of carbonyl (C=O) groups excluding carboxylic acids is 2. The first-order chi connectivity index (χ1) is 21.6. The van der Waals surface area contributed by atoms with Crippen LogP contribution in [0.3, 0.4) is 0 Å². The number of ether oxygens (including phenoxy) is 2. The van der Waals surface area contributed by atoms with Crippen LogP contribution in [0, 0.1) is 0 Å². The van der Waals surface area contributed by atoms with Crippen molar-refractivity contribution in [2.24, 2.45) is 0 Å². The van der Waals surface area contributed by atoms with E-state index in [0.29, 0.717) is 24.0 Å². The number of benzene rings is 8. The van der Waals surface area contributed by atoms with Gasteiger partial charge in [0, 0.05) is 0 Å². The maximum Gasteiger partial charge on any atom is 0.339 e. The molecule has 0 saturated heterocycles. The van der Waals surface area contributed by atoms with E-state index >= 15 is 0 Å². The van der Waals surface area contributed by atoms with Crippen LogP contribution in [0.25, 0.3) is 64.6 Å². The third-order valence-electron chi connectivity index (χ3n) is 9.66. The Morgan fingerprint density at radius 1 is 0.432 bits per heavy atom. The Bertz CT molecular complexity index is 2200. The third-order valence-corrected chi connectivity index (χ3v) is 9.66. The maximum atomic E-state index is 13.8. The van der Waals surface area contributed by atoms with E-state index in [4.69, 9.17) is 9.47 Å². The highest BCUT2D eigenvalue weighted by Gasteiger charge is 2.33. The summed E-state index contributed by atoms with van der Waals surface area (Å²) >= 11 is 0. The van der Waals surface area contributed by atoms with E-state index in [0.717, 1.165) is 77.5 Å². The summed E-state index contributed by atoms with van der Waals surface area (Å²) in [7, 11) is 0. The van der Waals surface area contributed by atoms with Gasteiger partial charge in [-0.05, 0) is 102 Å². The monoisotopic (exact) mass is 572 g/mol. The number of hydrogen-bond donors (Lipinski definition) is 0. The molecule has 2 atom stereocenters. The fourth-order valence-electron chi connectivity index (χ4n) is 7.56. The lowest BCUT2D eigenvalue weighted by Gasteiger charge is -2.31. The molecule has 4 nitrogen and oxygen atoms in total. The Hall–Kier alpha value is -5.22. The lowest BCUT2D eigenvalue weighted by Crippen LogP contribution is -2.38. The highest BCUT2D eigenvalue weighted by Crippen LogP contribution is 2.38. The van der Waals surface area contributed by atoms with Crippen LogP contribution in [0.4, 0.5) is 0 Å². The Labute approximate surface area is 253 Å². The van der Waals surface area contributed by atoms with Gasteiger partial charge < -0.3 is 9.47 Å². The average molecular weight is 573 g/mol. The van der Waals surface area contributed by atoms with E-state index in [1.165, 1.54) is 0 Å². The minimum Gasteiger partial charge on any atom is -0.455 e. The van der Waals surface area contributed by atoms with Gasteiger partial charge in [0.2, 0.25) is 0 Å². The fraction of sp³-hybridized carbons (Fsp3) is 0.150. The molecule has 1 aliphatic rings. The van der Waals surface area contributed by atoms with Crippen LogP contribution in [0.2, 0.25) is 0 Å². The Kier molecular flexibility index (Phi) is 5.55. The van der Waals surface area contributed by atoms with Crippen molar-refractivity contribution < 1.29 is 19.1 Å². The average Bonchev–Trinajstić information content (AvgIpc) is 3.06. The summed E-state index contributed by atoms with van der Waals surface area (Å²) in [6.45, 7) is 0. The first kappa shape index (κ1) is 25.3. The van der Waals surface area contributed by atoms with Crippen LogP contribution >= 0.6 is 0 Å². The van der Waals surface area contributed by atoms with Crippen molar-refractivity contribution in [2.45, 2.75) is 37.9 Å². The first-order valence-electron chi connectivity index (χ1n) is 15.4. The predicted molar refractivity (Wildman–Crippen MR) is 177 cm³/mol. The van der Waals surface area contributed by atoms with E-state index in [-0.39, 0.29) is 11.9 Å². The molecule has 4 heteroatoms. The Morgan fingerprint density at radius 3 is 1.18 bits per heavy atom. The number of esters is 2. The van der Waals surface area contributed by atoms with Crippen LogP contribution in [0.1, 0.15) is 46.4 Å². The molecular weight excluding hydrogens is 544 g/mol. The molecule has 0 bridgehead atoms. The van der Waals surface area contributed by atoms with Gasteiger partial charge in [0.1, 0.15) is 12.2 Å². The number of hydrogen-bond acceptors (Lipinski definition) is 4. The summed E-state index contributed by atoms with van der Waals surface area (Å²) in [5.74, 6) is -0.753. The first-order valence-corrected chi connectivity index (χ1v) is 15.4. The molecule has 0 amide bonds. The summed E-state index contributed by atoms with van der Waals surface area (Å²) in [5, 5.41) is 13.0. The van der Waals surface area contributed by atoms with Gasteiger partial charge in [0.15, 0.2) is 0 Å². The second kappa shape index (κ2) is 9.65. The minimum atomic E-state index is -0.501. The second-order valence-electron chi connectivity index (χ2n) is 12.1. The topological polar surface area (TPSA) is 52.6 Å². The zero-order chi connectivity index (χ0) is 29.4. The zero-order valence-corrected chi connectivity index (χ0v) is 24.0. The number of carbonyl (C=O) groups is 2. The molecule has 0 aromatic heterocycles. The van der Waals surface area contributed by atoms with Crippen molar-refractivity contribution in [2.75, 3.05) is 0 Å². The van der Waals surface area contributed by atoms with Crippen LogP contribution < -0.4 is 0 Å². The highest BCUT2D eigenvalue weighted by atomic mass is 16.6. The molecule has 9 rings (SSSR count). The summed E-state index contributed by atoms with van der Waals surface area (Å²) < 4.78 is 12.4. The largest absolute Gasteiger partial charge is 0.455 e. The van der Waals surface area contributed by atoms with Gasteiger partial charge in [-0.2, -0.15) is 0 Å². The van der Waals surface area contributed by atoms with Gasteiger partial charge in [-0.15, -0.1) is 0 Å². The van der Waals surface area contributed by atoms with Crippen LogP contribution in [0.15, 0.2) is 109 Å². The van der Waals surface area contributed by atoms with Crippen molar-refractivity contribution in [3.05, 3.63) is 120 Å². The molecule has 44 heavy (non-hydrogen) atoms. The molecule has 1 aliphatic carbocycles. The van der Waals surface area contributed by atoms with Crippen LogP contribution in [-0.4, -0.2) is 24.1 Å². The van der Waals surface area contributed by atoms with E-state index in [1.54, 1.807) is 0 Å². The molecular formula is C40H28O4. The van der Waals surface area contributed by atoms with Crippen LogP contribution in [0.5, 0.6) is 0 Å². The van der Waals surface area contributed by atoms with Crippen molar-refractivity contribution in [1.29, 1.82) is 0 Å².